The molecule has 10 nitrogen and oxygen atoms in total. The average Bonchev–Trinajstić information content (AvgIpc) is 2.79. The van der Waals surface area contributed by atoms with E-state index in [1.54, 1.807) is 24.5 Å². The van der Waals surface area contributed by atoms with E-state index in [0.717, 1.165) is 16.5 Å². The number of aliphatic hydroxyl groups excluding tert-OH is 1. The Bertz CT molecular complexity index is 1190. The molecule has 0 saturated heterocycles. The first kappa shape index (κ1) is 20.3. The molecule has 0 unspecified atom stereocenters. The van der Waals surface area contributed by atoms with Crippen LogP contribution in [0.25, 0.3) is 10.9 Å². The summed E-state index contributed by atoms with van der Waals surface area (Å²) in [5, 5.41) is 14.4. The summed E-state index contributed by atoms with van der Waals surface area (Å²) in [6, 6.07) is 13.2. The smallest absolute Gasteiger partial charge is 0.188 e. The Kier molecular flexibility index (Phi) is 6.01. The number of nitrogens with two attached hydrogens (primary N) is 2. The maximum Gasteiger partial charge on any atom is 0.188 e. The third-order valence-corrected chi connectivity index (χ3v) is 4.42. The highest BCUT2D eigenvalue weighted by molar-refractivity contribution is 5.79. The molecule has 0 radical (unpaired) electrons. The van der Waals surface area contributed by atoms with Crippen molar-refractivity contribution in [1.29, 1.82) is 0 Å². The van der Waals surface area contributed by atoms with Gasteiger partial charge in [-0.15, -0.1) is 0 Å². The number of aliphatic hydroxyl groups is 1. The van der Waals surface area contributed by atoms with Gasteiger partial charge < -0.3 is 20.9 Å². The summed E-state index contributed by atoms with van der Waals surface area (Å²) >= 11 is 0. The zero-order valence-corrected chi connectivity index (χ0v) is 16.6. The molecule has 4 rings (SSSR count). The lowest BCUT2D eigenvalue weighted by atomic mass is 10.1. The summed E-state index contributed by atoms with van der Waals surface area (Å²) < 4.78 is 5.39. The Morgan fingerprint density at radius 3 is 2.81 bits per heavy atom. The van der Waals surface area contributed by atoms with Crippen LogP contribution in [0.4, 0.5) is 23.3 Å². The predicted octanol–water partition coefficient (Wildman–Crippen LogP) is 2.00. The van der Waals surface area contributed by atoms with Gasteiger partial charge in [-0.2, -0.15) is 0 Å². The molecule has 6 N–H and O–H groups in total. The Labute approximate surface area is 178 Å². The Hall–Kier alpha value is -4.02. The highest BCUT2D eigenvalue weighted by Crippen LogP contribution is 2.23. The molecule has 31 heavy (non-hydrogen) atoms. The number of hydrogen-bond acceptors (Lipinski definition) is 10. The van der Waals surface area contributed by atoms with Crippen LogP contribution in [0.5, 0.6) is 5.75 Å². The molecule has 0 spiro atoms. The Balaban J connectivity index is 1.51. The van der Waals surface area contributed by atoms with Crippen molar-refractivity contribution in [3.63, 3.8) is 0 Å². The van der Waals surface area contributed by atoms with Crippen molar-refractivity contribution in [1.82, 2.24) is 19.9 Å². The number of ether oxygens (including phenoxy) is 1. The van der Waals surface area contributed by atoms with E-state index in [4.69, 9.17) is 21.4 Å². The van der Waals surface area contributed by atoms with Gasteiger partial charge >= 0.3 is 0 Å². The van der Waals surface area contributed by atoms with E-state index in [9.17, 15) is 0 Å². The van der Waals surface area contributed by atoms with Crippen LogP contribution in [0, 0.1) is 0 Å². The number of nitrogen functional groups attached to an aromatic ring is 1. The number of fused-ring (bicyclic) bond motifs is 1. The van der Waals surface area contributed by atoms with Crippen LogP contribution in [-0.4, -0.2) is 38.3 Å². The molecule has 0 aliphatic rings. The maximum absolute atomic E-state index is 8.89. The van der Waals surface area contributed by atoms with Crippen molar-refractivity contribution in [2.75, 3.05) is 29.3 Å². The number of hydrazine groups is 1. The number of hydrogen-bond donors (Lipinski definition) is 4. The van der Waals surface area contributed by atoms with Crippen LogP contribution in [0.15, 0.2) is 61.1 Å². The fourth-order valence-electron chi connectivity index (χ4n) is 3.02. The monoisotopic (exact) mass is 418 g/mol. The molecule has 0 aliphatic heterocycles. The van der Waals surface area contributed by atoms with Gasteiger partial charge in [0.25, 0.3) is 0 Å². The zero-order chi connectivity index (χ0) is 21.6. The SMILES string of the molecule is Nc1ncc(Nc2cc(OCCO)ccn2)nc1N(N)Cc1ccc2ncccc2c1. The van der Waals surface area contributed by atoms with Crippen molar-refractivity contribution in [2.24, 2.45) is 5.84 Å². The van der Waals surface area contributed by atoms with E-state index in [2.05, 4.69) is 25.3 Å². The van der Waals surface area contributed by atoms with Crippen molar-refractivity contribution < 1.29 is 9.84 Å². The average molecular weight is 418 g/mol. The van der Waals surface area contributed by atoms with Gasteiger partial charge in [-0.25, -0.2) is 20.8 Å². The Morgan fingerprint density at radius 2 is 1.94 bits per heavy atom. The lowest BCUT2D eigenvalue weighted by molar-refractivity contribution is 0.201. The van der Waals surface area contributed by atoms with Crippen LogP contribution in [-0.2, 0) is 6.54 Å². The molecule has 0 fully saturated rings. The predicted molar refractivity (Wildman–Crippen MR) is 119 cm³/mol. The second-order valence-corrected chi connectivity index (χ2v) is 6.70. The van der Waals surface area contributed by atoms with Crippen LogP contribution in [0.2, 0.25) is 0 Å². The zero-order valence-electron chi connectivity index (χ0n) is 16.6. The van der Waals surface area contributed by atoms with Crippen molar-refractivity contribution in [3.05, 3.63) is 66.6 Å². The van der Waals surface area contributed by atoms with E-state index in [1.165, 1.54) is 11.2 Å². The first-order valence-electron chi connectivity index (χ1n) is 9.57. The van der Waals surface area contributed by atoms with Crippen LogP contribution in [0.1, 0.15) is 5.56 Å². The summed E-state index contributed by atoms with van der Waals surface area (Å²) in [6.45, 7) is 0.510. The molecule has 0 aliphatic carbocycles. The lowest BCUT2D eigenvalue weighted by Gasteiger charge is -2.20. The Morgan fingerprint density at radius 1 is 1.03 bits per heavy atom. The number of anilines is 4. The first-order chi connectivity index (χ1) is 15.1. The minimum absolute atomic E-state index is 0.0715. The van der Waals surface area contributed by atoms with E-state index in [1.807, 2.05) is 30.3 Å². The van der Waals surface area contributed by atoms with Gasteiger partial charge in [0.1, 0.15) is 18.2 Å². The topological polar surface area (TPSA) is 148 Å². The van der Waals surface area contributed by atoms with E-state index in [-0.39, 0.29) is 19.0 Å². The molecule has 0 amide bonds. The third-order valence-electron chi connectivity index (χ3n) is 4.42. The van der Waals surface area contributed by atoms with E-state index < -0.39 is 0 Å². The molecule has 3 aromatic heterocycles. The van der Waals surface area contributed by atoms with Crippen molar-refractivity contribution >= 4 is 34.2 Å². The molecule has 3 heterocycles. The maximum atomic E-state index is 8.89. The number of pyridine rings is 2. The van der Waals surface area contributed by atoms with E-state index in [0.29, 0.717) is 29.7 Å². The fraction of sp³-hybridized carbons (Fsp3) is 0.143. The number of benzene rings is 1. The van der Waals surface area contributed by atoms with E-state index >= 15 is 0 Å². The fourth-order valence-corrected chi connectivity index (χ4v) is 3.02. The highest BCUT2D eigenvalue weighted by atomic mass is 16.5. The molecule has 0 saturated carbocycles. The molecule has 1 aromatic carbocycles. The third kappa shape index (κ3) is 4.94. The van der Waals surface area contributed by atoms with Crippen LogP contribution < -0.4 is 26.6 Å². The largest absolute Gasteiger partial charge is 0.491 e. The highest BCUT2D eigenvalue weighted by Gasteiger charge is 2.12. The number of nitrogens with zero attached hydrogens (tertiary/aromatic N) is 5. The number of nitrogens with one attached hydrogen (secondary N) is 1. The lowest BCUT2D eigenvalue weighted by Crippen LogP contribution is -2.32. The second-order valence-electron chi connectivity index (χ2n) is 6.70. The van der Waals surface area contributed by atoms with Gasteiger partial charge in [0.15, 0.2) is 17.5 Å². The minimum atomic E-state index is -0.0715. The summed E-state index contributed by atoms with van der Waals surface area (Å²) in [6.07, 6.45) is 4.84. The van der Waals surface area contributed by atoms with Gasteiger partial charge in [-0.05, 0) is 29.8 Å². The molecule has 158 valence electrons. The quantitative estimate of drug-likeness (QED) is 0.247. The second kappa shape index (κ2) is 9.20. The molecule has 0 bridgehead atoms. The molecular formula is C21H22N8O2. The minimum Gasteiger partial charge on any atom is -0.491 e. The first-order valence-corrected chi connectivity index (χ1v) is 9.57. The normalized spacial score (nSPS) is 10.8. The van der Waals surface area contributed by atoms with Crippen molar-refractivity contribution in [2.45, 2.75) is 6.54 Å². The van der Waals surface area contributed by atoms with Gasteiger partial charge in [0, 0.05) is 23.8 Å². The van der Waals surface area contributed by atoms with Crippen molar-refractivity contribution in [3.8, 4) is 5.75 Å². The van der Waals surface area contributed by atoms with Gasteiger partial charge in [0.2, 0.25) is 0 Å². The standard InChI is InChI=1S/C21H22N8O2/c22-20-21(29(23)13-14-3-4-17-15(10-14)2-1-6-24-17)28-19(12-26-20)27-18-11-16(5-7-25-18)31-9-8-30/h1-7,10-12,30H,8-9,13,23H2,(H2,22,26)(H,25,27,28). The van der Waals surface area contributed by atoms with Gasteiger partial charge in [-0.3, -0.25) is 9.99 Å². The van der Waals surface area contributed by atoms with Gasteiger partial charge in [-0.1, -0.05) is 12.1 Å². The summed E-state index contributed by atoms with van der Waals surface area (Å²) in [7, 11) is 0. The molecular weight excluding hydrogens is 396 g/mol. The molecule has 10 heteroatoms. The molecule has 4 aromatic rings. The summed E-state index contributed by atoms with van der Waals surface area (Å²) in [5.74, 6) is 8.31. The van der Waals surface area contributed by atoms with Crippen LogP contribution in [0.3, 0.4) is 0 Å². The summed E-state index contributed by atoms with van der Waals surface area (Å²) in [5.41, 5.74) is 7.91. The van der Waals surface area contributed by atoms with Gasteiger partial charge in [0.05, 0.1) is 24.9 Å². The van der Waals surface area contributed by atoms with Crippen LogP contribution >= 0.6 is 0 Å². The number of aromatic nitrogens is 4. The summed E-state index contributed by atoms with van der Waals surface area (Å²) in [4.78, 5) is 17.2. The number of rotatable bonds is 8. The molecule has 0 atom stereocenters.